The smallest absolute Gasteiger partial charge is 0.227 e. The number of rotatable bonds is 13. The van der Waals surface area contributed by atoms with E-state index in [9.17, 15) is 9.50 Å². The number of ether oxygens (including phenoxy) is 3. The zero-order chi connectivity index (χ0) is 23.6. The Bertz CT molecular complexity index is 979. The molecule has 0 saturated heterocycles. The van der Waals surface area contributed by atoms with Gasteiger partial charge in [0.1, 0.15) is 11.6 Å². The predicted octanol–water partition coefficient (Wildman–Crippen LogP) is 3.82. The number of para-hydroxylation sites is 1. The van der Waals surface area contributed by atoms with E-state index < -0.39 is 6.10 Å². The highest BCUT2D eigenvalue weighted by atomic mass is 19.1. The Hall–Kier alpha value is -2.78. The fourth-order valence-electron chi connectivity index (χ4n) is 3.61. The molecule has 0 radical (unpaired) electrons. The zero-order valence-electron chi connectivity index (χ0n) is 19.4. The number of nitrogens with zero attached hydrogens (tertiary/aromatic N) is 3. The molecule has 1 unspecified atom stereocenters. The first-order chi connectivity index (χ1) is 16.0. The SMILES string of the molecule is CCc1nn(-c2ccccc2)c(Oc2ccc(F)cc2)c1CN(CCOC)CC(O)COC. The van der Waals surface area contributed by atoms with Crippen LogP contribution >= 0.6 is 0 Å². The van der Waals surface area contributed by atoms with Crippen LogP contribution in [-0.2, 0) is 22.4 Å². The first kappa shape index (κ1) is 24.9. The predicted molar refractivity (Wildman–Crippen MR) is 124 cm³/mol. The number of methoxy groups -OCH3 is 2. The number of hydrogen-bond acceptors (Lipinski definition) is 6. The summed E-state index contributed by atoms with van der Waals surface area (Å²) in [4.78, 5) is 2.09. The summed E-state index contributed by atoms with van der Waals surface area (Å²) in [5.74, 6) is 0.750. The number of hydrogen-bond donors (Lipinski definition) is 1. The van der Waals surface area contributed by atoms with Crippen LogP contribution < -0.4 is 4.74 Å². The molecule has 0 fully saturated rings. The van der Waals surface area contributed by atoms with Crippen molar-refractivity contribution in [1.82, 2.24) is 14.7 Å². The molecular formula is C25H32FN3O4. The Morgan fingerprint density at radius 2 is 1.79 bits per heavy atom. The standard InChI is InChI=1S/C25H32FN3O4/c1-4-24-23(17-28(14-15-31-2)16-21(30)18-32-3)25(33-22-12-10-19(26)11-13-22)29(27-24)20-8-6-5-7-9-20/h5-13,21,30H,4,14-18H2,1-3H3. The second-order valence-electron chi connectivity index (χ2n) is 7.72. The van der Waals surface area contributed by atoms with Crippen molar-refractivity contribution < 1.29 is 23.7 Å². The Morgan fingerprint density at radius 3 is 2.42 bits per heavy atom. The third-order valence-corrected chi connectivity index (χ3v) is 5.20. The highest BCUT2D eigenvalue weighted by molar-refractivity contribution is 5.43. The summed E-state index contributed by atoms with van der Waals surface area (Å²) in [6, 6.07) is 15.7. The van der Waals surface area contributed by atoms with Gasteiger partial charge < -0.3 is 19.3 Å². The third kappa shape index (κ3) is 6.85. The van der Waals surface area contributed by atoms with Gasteiger partial charge in [-0.1, -0.05) is 25.1 Å². The normalized spacial score (nSPS) is 12.3. The van der Waals surface area contributed by atoms with E-state index in [1.165, 1.54) is 12.1 Å². The lowest BCUT2D eigenvalue weighted by Crippen LogP contribution is -2.36. The number of aliphatic hydroxyl groups is 1. The van der Waals surface area contributed by atoms with Crippen LogP contribution in [0, 0.1) is 5.82 Å². The maximum Gasteiger partial charge on any atom is 0.227 e. The summed E-state index contributed by atoms with van der Waals surface area (Å²) in [5.41, 5.74) is 2.66. The van der Waals surface area contributed by atoms with E-state index >= 15 is 0 Å². The van der Waals surface area contributed by atoms with Gasteiger partial charge in [0.2, 0.25) is 5.88 Å². The molecule has 2 aromatic carbocycles. The van der Waals surface area contributed by atoms with E-state index in [0.717, 1.165) is 16.9 Å². The van der Waals surface area contributed by atoms with Gasteiger partial charge in [-0.05, 0) is 42.8 Å². The molecule has 0 saturated carbocycles. The van der Waals surface area contributed by atoms with Gasteiger partial charge in [0.15, 0.2) is 0 Å². The van der Waals surface area contributed by atoms with Gasteiger partial charge in [0.05, 0.1) is 36.3 Å². The van der Waals surface area contributed by atoms with Crippen LogP contribution in [-0.4, -0.2) is 66.4 Å². The molecule has 1 aromatic heterocycles. The van der Waals surface area contributed by atoms with Gasteiger partial charge in [-0.25, -0.2) is 9.07 Å². The van der Waals surface area contributed by atoms with Crippen molar-refractivity contribution in [3.05, 3.63) is 71.7 Å². The average Bonchev–Trinajstić information content (AvgIpc) is 3.16. The van der Waals surface area contributed by atoms with Crippen molar-refractivity contribution in [2.24, 2.45) is 0 Å². The van der Waals surface area contributed by atoms with Crippen LogP contribution in [0.5, 0.6) is 11.6 Å². The van der Waals surface area contributed by atoms with E-state index in [2.05, 4.69) is 4.90 Å². The molecule has 33 heavy (non-hydrogen) atoms. The third-order valence-electron chi connectivity index (χ3n) is 5.20. The summed E-state index contributed by atoms with van der Waals surface area (Å²) in [7, 11) is 3.22. The van der Waals surface area contributed by atoms with Crippen molar-refractivity contribution in [3.8, 4) is 17.3 Å². The molecular weight excluding hydrogens is 425 g/mol. The van der Waals surface area contributed by atoms with Crippen LogP contribution in [0.15, 0.2) is 54.6 Å². The molecule has 1 heterocycles. The first-order valence-corrected chi connectivity index (χ1v) is 11.0. The van der Waals surface area contributed by atoms with Crippen molar-refractivity contribution in [1.29, 1.82) is 0 Å². The molecule has 0 spiro atoms. The molecule has 178 valence electrons. The molecule has 1 N–H and O–H groups in total. The fourth-order valence-corrected chi connectivity index (χ4v) is 3.61. The van der Waals surface area contributed by atoms with Crippen LogP contribution in [0.2, 0.25) is 0 Å². The minimum atomic E-state index is -0.637. The molecule has 0 amide bonds. The number of aromatic nitrogens is 2. The zero-order valence-corrected chi connectivity index (χ0v) is 19.4. The van der Waals surface area contributed by atoms with Gasteiger partial charge in [-0.3, -0.25) is 4.90 Å². The van der Waals surface area contributed by atoms with Gasteiger partial charge in [-0.15, -0.1) is 0 Å². The Morgan fingerprint density at radius 1 is 1.06 bits per heavy atom. The summed E-state index contributed by atoms with van der Waals surface area (Å²) >= 11 is 0. The highest BCUT2D eigenvalue weighted by Crippen LogP contribution is 2.32. The minimum absolute atomic E-state index is 0.242. The molecule has 8 heteroatoms. The topological polar surface area (TPSA) is 69.0 Å². The number of halogens is 1. The number of aryl methyl sites for hydroxylation is 1. The molecule has 0 aliphatic heterocycles. The molecule has 3 aromatic rings. The Kier molecular flexibility index (Phi) is 9.38. The maximum absolute atomic E-state index is 13.5. The second kappa shape index (κ2) is 12.5. The van der Waals surface area contributed by atoms with Gasteiger partial charge in [-0.2, -0.15) is 5.10 Å². The van der Waals surface area contributed by atoms with E-state index in [-0.39, 0.29) is 12.4 Å². The van der Waals surface area contributed by atoms with Crippen LogP contribution in [0.1, 0.15) is 18.2 Å². The molecule has 3 rings (SSSR count). The van der Waals surface area contributed by atoms with E-state index in [1.807, 2.05) is 37.3 Å². The van der Waals surface area contributed by atoms with Crippen LogP contribution in [0.25, 0.3) is 5.69 Å². The van der Waals surface area contributed by atoms with Gasteiger partial charge in [0, 0.05) is 33.9 Å². The number of benzene rings is 2. The maximum atomic E-state index is 13.5. The first-order valence-electron chi connectivity index (χ1n) is 11.0. The number of aliphatic hydroxyl groups excluding tert-OH is 1. The van der Waals surface area contributed by atoms with Crippen molar-refractivity contribution >= 4 is 0 Å². The van der Waals surface area contributed by atoms with E-state index in [0.29, 0.717) is 44.3 Å². The lowest BCUT2D eigenvalue weighted by Gasteiger charge is -2.25. The van der Waals surface area contributed by atoms with E-state index in [4.69, 9.17) is 19.3 Å². The van der Waals surface area contributed by atoms with Gasteiger partial charge >= 0.3 is 0 Å². The Balaban J connectivity index is 2.01. The van der Waals surface area contributed by atoms with Crippen molar-refractivity contribution in [2.45, 2.75) is 26.0 Å². The van der Waals surface area contributed by atoms with Gasteiger partial charge in [0.25, 0.3) is 0 Å². The highest BCUT2D eigenvalue weighted by Gasteiger charge is 2.23. The largest absolute Gasteiger partial charge is 0.439 e. The average molecular weight is 458 g/mol. The fraction of sp³-hybridized carbons (Fsp3) is 0.400. The summed E-state index contributed by atoms with van der Waals surface area (Å²) in [6.07, 6.45) is 0.0656. The summed E-state index contributed by atoms with van der Waals surface area (Å²) < 4.78 is 31.9. The summed E-state index contributed by atoms with van der Waals surface area (Å²) in [5, 5.41) is 15.2. The molecule has 1 atom stereocenters. The monoisotopic (exact) mass is 457 g/mol. The molecule has 0 aliphatic carbocycles. The molecule has 0 bridgehead atoms. The van der Waals surface area contributed by atoms with Crippen molar-refractivity contribution in [3.63, 3.8) is 0 Å². The molecule has 0 aliphatic rings. The minimum Gasteiger partial charge on any atom is -0.439 e. The van der Waals surface area contributed by atoms with Crippen LogP contribution in [0.4, 0.5) is 4.39 Å². The van der Waals surface area contributed by atoms with Crippen LogP contribution in [0.3, 0.4) is 0 Å². The Labute approximate surface area is 194 Å². The van der Waals surface area contributed by atoms with Crippen molar-refractivity contribution in [2.75, 3.05) is 40.5 Å². The van der Waals surface area contributed by atoms with E-state index in [1.54, 1.807) is 31.0 Å². The lowest BCUT2D eigenvalue weighted by atomic mass is 10.1. The quantitative estimate of drug-likeness (QED) is 0.421. The summed E-state index contributed by atoms with van der Waals surface area (Å²) in [6.45, 7) is 4.33. The second-order valence-corrected chi connectivity index (χ2v) is 7.72. The molecule has 7 nitrogen and oxygen atoms in total. The lowest BCUT2D eigenvalue weighted by molar-refractivity contribution is 0.0291.